The Labute approximate surface area is 121 Å². The minimum atomic E-state index is -0.441. The van der Waals surface area contributed by atoms with Gasteiger partial charge in [0.25, 0.3) is 0 Å². The third kappa shape index (κ3) is 3.53. The van der Waals surface area contributed by atoms with Crippen LogP contribution >= 0.6 is 12.2 Å². The van der Waals surface area contributed by atoms with Crippen LogP contribution in [0.5, 0.6) is 5.75 Å². The number of aliphatic hydroxyl groups excluding tert-OH is 1. The first-order valence-corrected chi connectivity index (χ1v) is 6.42. The van der Waals surface area contributed by atoms with Crippen LogP contribution in [0.2, 0.25) is 0 Å². The molecule has 0 aliphatic rings. The van der Waals surface area contributed by atoms with Crippen molar-refractivity contribution in [3.05, 3.63) is 65.0 Å². The maximum atomic E-state index is 13.4. The average Bonchev–Trinajstić information content (AvgIpc) is 2.46. The molecule has 2 aromatic carbocycles. The van der Waals surface area contributed by atoms with Gasteiger partial charge in [-0.05, 0) is 35.4 Å². The molecule has 2 rings (SSSR count). The van der Waals surface area contributed by atoms with Crippen LogP contribution in [0.15, 0.2) is 42.5 Å². The average molecular weight is 291 g/mol. The molecule has 3 nitrogen and oxygen atoms in total. The highest BCUT2D eigenvalue weighted by atomic mass is 32.1. The monoisotopic (exact) mass is 291 g/mol. The molecule has 0 saturated carbocycles. The molecule has 0 radical (unpaired) electrons. The van der Waals surface area contributed by atoms with Gasteiger partial charge in [0.1, 0.15) is 23.2 Å². The number of hydrogen-bond donors (Lipinski definition) is 2. The van der Waals surface area contributed by atoms with Gasteiger partial charge in [0, 0.05) is 5.56 Å². The van der Waals surface area contributed by atoms with Gasteiger partial charge in [0.05, 0.1) is 6.61 Å². The zero-order valence-electron chi connectivity index (χ0n) is 10.7. The van der Waals surface area contributed by atoms with Crippen LogP contribution in [0.4, 0.5) is 4.39 Å². The predicted octanol–water partition coefficient (Wildman–Crippen LogP) is 2.53. The van der Waals surface area contributed by atoms with Crippen LogP contribution in [0.3, 0.4) is 0 Å². The Morgan fingerprint density at radius 3 is 2.70 bits per heavy atom. The smallest absolute Gasteiger partial charge is 0.133 e. The zero-order chi connectivity index (χ0) is 14.5. The quantitative estimate of drug-likeness (QED) is 0.831. The number of nitrogens with two attached hydrogens (primary N) is 1. The van der Waals surface area contributed by atoms with Crippen LogP contribution < -0.4 is 10.5 Å². The van der Waals surface area contributed by atoms with E-state index in [2.05, 4.69) is 0 Å². The number of thiocarbonyl (C=S) groups is 1. The van der Waals surface area contributed by atoms with E-state index in [1.807, 2.05) is 0 Å². The molecule has 0 aliphatic carbocycles. The number of rotatable bonds is 5. The van der Waals surface area contributed by atoms with Crippen molar-refractivity contribution in [2.75, 3.05) is 0 Å². The van der Waals surface area contributed by atoms with Crippen molar-refractivity contribution >= 4 is 17.2 Å². The molecule has 0 fully saturated rings. The summed E-state index contributed by atoms with van der Waals surface area (Å²) in [5.74, 6) is 0.196. The molecule has 0 bridgehead atoms. The van der Waals surface area contributed by atoms with Crippen molar-refractivity contribution in [3.63, 3.8) is 0 Å². The Balaban J connectivity index is 2.10. The first kappa shape index (κ1) is 14.4. The maximum Gasteiger partial charge on any atom is 0.133 e. The second-order valence-electron chi connectivity index (χ2n) is 4.27. The second kappa shape index (κ2) is 6.45. The van der Waals surface area contributed by atoms with Crippen molar-refractivity contribution in [1.29, 1.82) is 0 Å². The van der Waals surface area contributed by atoms with Crippen LogP contribution in [0.1, 0.15) is 16.7 Å². The molecule has 20 heavy (non-hydrogen) atoms. The summed E-state index contributed by atoms with van der Waals surface area (Å²) in [6.45, 7) is 0.226. The lowest BCUT2D eigenvalue weighted by molar-refractivity contribution is 0.278. The second-order valence-corrected chi connectivity index (χ2v) is 4.71. The topological polar surface area (TPSA) is 55.5 Å². The third-order valence-corrected chi connectivity index (χ3v) is 3.00. The molecule has 0 aliphatic heterocycles. The van der Waals surface area contributed by atoms with E-state index in [0.717, 1.165) is 11.1 Å². The van der Waals surface area contributed by atoms with E-state index >= 15 is 0 Å². The van der Waals surface area contributed by atoms with E-state index in [-0.39, 0.29) is 23.8 Å². The number of benzene rings is 2. The molecule has 5 heteroatoms. The van der Waals surface area contributed by atoms with Gasteiger partial charge in [-0.15, -0.1) is 0 Å². The van der Waals surface area contributed by atoms with Crippen LogP contribution in [-0.4, -0.2) is 10.1 Å². The van der Waals surface area contributed by atoms with Crippen LogP contribution in [0.25, 0.3) is 0 Å². The lowest BCUT2D eigenvalue weighted by Crippen LogP contribution is -2.12. The molecule has 2 aromatic rings. The third-order valence-electron chi connectivity index (χ3n) is 2.78. The van der Waals surface area contributed by atoms with Gasteiger partial charge in [-0.1, -0.05) is 30.4 Å². The number of ether oxygens (including phenoxy) is 1. The van der Waals surface area contributed by atoms with Crippen LogP contribution in [0, 0.1) is 5.82 Å². The molecule has 0 saturated heterocycles. The van der Waals surface area contributed by atoms with E-state index in [9.17, 15) is 4.39 Å². The Morgan fingerprint density at radius 2 is 2.00 bits per heavy atom. The predicted molar refractivity (Wildman–Crippen MR) is 79.0 cm³/mol. The minimum Gasteiger partial charge on any atom is -0.489 e. The van der Waals surface area contributed by atoms with Crippen molar-refractivity contribution in [1.82, 2.24) is 0 Å². The highest BCUT2D eigenvalue weighted by Crippen LogP contribution is 2.17. The molecular formula is C15H14FNO2S. The molecule has 0 unspecified atom stereocenters. The lowest BCUT2D eigenvalue weighted by atomic mass is 10.1. The normalized spacial score (nSPS) is 10.3. The Morgan fingerprint density at radius 1 is 1.20 bits per heavy atom. The SMILES string of the molecule is NC(=S)c1cc(COc2cccc(CO)c2)ccc1F. The standard InChI is InChI=1S/C15H14FNO2S/c16-14-5-4-11(7-13(14)15(17)20)9-19-12-3-1-2-10(6-12)8-18/h1-7,18H,8-9H2,(H2,17,20). The molecule has 0 heterocycles. The van der Waals surface area contributed by atoms with Crippen molar-refractivity contribution in [2.45, 2.75) is 13.2 Å². The molecule has 104 valence electrons. The van der Waals surface area contributed by atoms with E-state index < -0.39 is 5.82 Å². The van der Waals surface area contributed by atoms with Gasteiger partial charge >= 0.3 is 0 Å². The first-order valence-electron chi connectivity index (χ1n) is 6.01. The Hall–Kier alpha value is -1.98. The van der Waals surface area contributed by atoms with Crippen molar-refractivity contribution < 1.29 is 14.2 Å². The van der Waals surface area contributed by atoms with Crippen LogP contribution in [-0.2, 0) is 13.2 Å². The molecule has 0 spiro atoms. The Kier molecular flexibility index (Phi) is 4.65. The summed E-state index contributed by atoms with van der Waals surface area (Å²) in [7, 11) is 0. The highest BCUT2D eigenvalue weighted by molar-refractivity contribution is 7.80. The summed E-state index contributed by atoms with van der Waals surface area (Å²) in [4.78, 5) is 0.0200. The van der Waals surface area contributed by atoms with Gasteiger partial charge in [0.15, 0.2) is 0 Å². The molecule has 0 atom stereocenters. The fourth-order valence-electron chi connectivity index (χ4n) is 1.75. The summed E-state index contributed by atoms with van der Waals surface area (Å²) < 4.78 is 19.0. The van der Waals surface area contributed by atoms with E-state index in [4.69, 9.17) is 27.8 Å². The fourth-order valence-corrected chi connectivity index (χ4v) is 1.91. The van der Waals surface area contributed by atoms with Gasteiger partial charge in [0.2, 0.25) is 0 Å². The summed E-state index contributed by atoms with van der Waals surface area (Å²) in [6.07, 6.45) is 0. The molecule has 0 amide bonds. The number of aliphatic hydroxyl groups is 1. The van der Waals surface area contributed by atoms with Gasteiger partial charge in [-0.25, -0.2) is 4.39 Å². The zero-order valence-corrected chi connectivity index (χ0v) is 11.5. The summed E-state index contributed by atoms with van der Waals surface area (Å²) in [5, 5.41) is 9.05. The summed E-state index contributed by atoms with van der Waals surface area (Å²) in [5.41, 5.74) is 7.20. The van der Waals surface area contributed by atoms with E-state index in [1.165, 1.54) is 6.07 Å². The van der Waals surface area contributed by atoms with Gasteiger partial charge in [-0.3, -0.25) is 0 Å². The highest BCUT2D eigenvalue weighted by Gasteiger charge is 2.06. The fraction of sp³-hybridized carbons (Fsp3) is 0.133. The molecule has 0 aromatic heterocycles. The largest absolute Gasteiger partial charge is 0.489 e. The summed E-state index contributed by atoms with van der Waals surface area (Å²) >= 11 is 4.79. The van der Waals surface area contributed by atoms with Gasteiger partial charge in [-0.2, -0.15) is 0 Å². The number of hydrogen-bond acceptors (Lipinski definition) is 3. The lowest BCUT2D eigenvalue weighted by Gasteiger charge is -2.09. The van der Waals surface area contributed by atoms with Crippen molar-refractivity contribution in [3.8, 4) is 5.75 Å². The minimum absolute atomic E-state index is 0.0200. The Bertz CT molecular complexity index is 631. The van der Waals surface area contributed by atoms with E-state index in [1.54, 1.807) is 36.4 Å². The molecular weight excluding hydrogens is 277 g/mol. The number of halogens is 1. The summed E-state index contributed by atoms with van der Waals surface area (Å²) in [6, 6.07) is 11.6. The maximum absolute atomic E-state index is 13.4. The first-order chi connectivity index (χ1) is 9.60. The van der Waals surface area contributed by atoms with Gasteiger partial charge < -0.3 is 15.6 Å². The van der Waals surface area contributed by atoms with Crippen molar-refractivity contribution in [2.24, 2.45) is 5.73 Å². The van der Waals surface area contributed by atoms with E-state index in [0.29, 0.717) is 5.75 Å². The molecule has 3 N–H and O–H groups in total.